The van der Waals surface area contributed by atoms with Gasteiger partial charge in [0.15, 0.2) is 0 Å². The van der Waals surface area contributed by atoms with E-state index < -0.39 is 16.0 Å². The largest absolute Gasteiger partial charge is 0.478 e. The molecule has 2 rings (SSSR count). The van der Waals surface area contributed by atoms with E-state index in [-0.39, 0.29) is 4.90 Å². The van der Waals surface area contributed by atoms with Crippen LogP contribution in [0.25, 0.3) is 6.08 Å². The molecule has 1 atom stereocenters. The Morgan fingerprint density at radius 1 is 1.48 bits per heavy atom. The van der Waals surface area contributed by atoms with E-state index >= 15 is 0 Å². The van der Waals surface area contributed by atoms with Gasteiger partial charge in [0.1, 0.15) is 0 Å². The van der Waals surface area contributed by atoms with Crippen molar-refractivity contribution in [2.75, 3.05) is 6.54 Å². The lowest BCUT2D eigenvalue weighted by molar-refractivity contribution is -0.131. The highest BCUT2D eigenvalue weighted by Crippen LogP contribution is 2.36. The van der Waals surface area contributed by atoms with E-state index in [1.54, 1.807) is 12.1 Å². The molecule has 1 aromatic rings. The summed E-state index contributed by atoms with van der Waals surface area (Å²) in [6.45, 7) is 2.48. The van der Waals surface area contributed by atoms with Gasteiger partial charge in [-0.15, -0.1) is 0 Å². The first kappa shape index (κ1) is 15.7. The maximum absolute atomic E-state index is 12.2. The molecule has 5 nitrogen and oxygen atoms in total. The molecule has 0 amide bonds. The number of hydrogen-bond acceptors (Lipinski definition) is 3. The van der Waals surface area contributed by atoms with Crippen molar-refractivity contribution in [1.82, 2.24) is 4.72 Å². The number of carbonyl (C=O) groups is 1. The Morgan fingerprint density at radius 3 is 2.81 bits per heavy atom. The Kier molecular flexibility index (Phi) is 4.80. The first-order valence-electron chi connectivity index (χ1n) is 6.89. The van der Waals surface area contributed by atoms with E-state index in [2.05, 4.69) is 4.72 Å². The van der Waals surface area contributed by atoms with Gasteiger partial charge in [-0.1, -0.05) is 19.1 Å². The highest BCUT2D eigenvalue weighted by Gasteiger charge is 2.28. The zero-order valence-electron chi connectivity index (χ0n) is 11.8. The van der Waals surface area contributed by atoms with Crippen LogP contribution in [0.4, 0.5) is 0 Å². The van der Waals surface area contributed by atoms with E-state index in [9.17, 15) is 13.2 Å². The summed E-state index contributed by atoms with van der Waals surface area (Å²) in [6.07, 6.45) is 4.71. The second-order valence-corrected chi connectivity index (χ2v) is 7.18. The van der Waals surface area contributed by atoms with Gasteiger partial charge >= 0.3 is 5.97 Å². The van der Waals surface area contributed by atoms with Gasteiger partial charge in [0.2, 0.25) is 10.0 Å². The van der Waals surface area contributed by atoms with Crippen LogP contribution in [0.3, 0.4) is 0 Å². The van der Waals surface area contributed by atoms with Crippen LogP contribution < -0.4 is 4.72 Å². The molecule has 0 saturated heterocycles. The van der Waals surface area contributed by atoms with E-state index in [0.717, 1.165) is 6.08 Å². The molecule has 1 aliphatic rings. The van der Waals surface area contributed by atoms with Crippen molar-refractivity contribution in [2.24, 2.45) is 11.8 Å². The molecule has 1 unspecified atom stereocenters. The third-order valence-corrected chi connectivity index (χ3v) is 5.03. The number of rotatable bonds is 7. The Morgan fingerprint density at radius 2 is 2.19 bits per heavy atom. The summed E-state index contributed by atoms with van der Waals surface area (Å²) >= 11 is 0. The maximum atomic E-state index is 12.2. The summed E-state index contributed by atoms with van der Waals surface area (Å²) < 4.78 is 27.1. The van der Waals surface area contributed by atoms with Gasteiger partial charge in [-0.05, 0) is 48.4 Å². The molecular formula is C15H19NO4S. The van der Waals surface area contributed by atoms with Gasteiger partial charge in [-0.2, -0.15) is 0 Å². The fourth-order valence-electron chi connectivity index (χ4n) is 2.11. The SMILES string of the molecule is CC(CNS(=O)(=O)c1cccc(/C=C/C(=O)O)c1)C1CC1. The molecule has 0 heterocycles. The van der Waals surface area contributed by atoms with Crippen LogP contribution in [0.15, 0.2) is 35.2 Å². The van der Waals surface area contributed by atoms with Crippen LogP contribution in [0.5, 0.6) is 0 Å². The van der Waals surface area contributed by atoms with Crippen molar-refractivity contribution < 1.29 is 18.3 Å². The van der Waals surface area contributed by atoms with Gasteiger partial charge in [-0.25, -0.2) is 17.9 Å². The summed E-state index contributed by atoms with van der Waals surface area (Å²) in [5, 5.41) is 8.59. The minimum atomic E-state index is -3.55. The molecule has 1 aliphatic carbocycles. The van der Waals surface area contributed by atoms with Crippen molar-refractivity contribution in [2.45, 2.75) is 24.7 Å². The maximum Gasteiger partial charge on any atom is 0.328 e. The van der Waals surface area contributed by atoms with Gasteiger partial charge in [0.25, 0.3) is 0 Å². The molecule has 0 bridgehead atoms. The van der Waals surface area contributed by atoms with E-state index in [4.69, 9.17) is 5.11 Å². The molecule has 0 aromatic heterocycles. The molecular weight excluding hydrogens is 290 g/mol. The van der Waals surface area contributed by atoms with Crippen molar-refractivity contribution in [3.05, 3.63) is 35.9 Å². The van der Waals surface area contributed by atoms with Crippen molar-refractivity contribution >= 4 is 22.1 Å². The number of hydrogen-bond donors (Lipinski definition) is 2. The summed E-state index contributed by atoms with van der Waals surface area (Å²) in [4.78, 5) is 10.6. The van der Waals surface area contributed by atoms with Crippen LogP contribution in [0.1, 0.15) is 25.3 Å². The molecule has 1 fully saturated rings. The van der Waals surface area contributed by atoms with Gasteiger partial charge < -0.3 is 5.11 Å². The van der Waals surface area contributed by atoms with Crippen molar-refractivity contribution in [3.8, 4) is 0 Å². The Bertz CT molecular complexity index is 647. The molecule has 0 spiro atoms. The second-order valence-electron chi connectivity index (χ2n) is 5.41. The quantitative estimate of drug-likeness (QED) is 0.756. The first-order chi connectivity index (χ1) is 9.88. The minimum absolute atomic E-state index is 0.151. The number of carboxylic acids is 1. The van der Waals surface area contributed by atoms with Crippen LogP contribution in [-0.2, 0) is 14.8 Å². The van der Waals surface area contributed by atoms with E-state index in [0.29, 0.717) is 23.9 Å². The zero-order chi connectivity index (χ0) is 15.5. The summed E-state index contributed by atoms with van der Waals surface area (Å²) in [7, 11) is -3.55. The topological polar surface area (TPSA) is 83.5 Å². The monoisotopic (exact) mass is 309 g/mol. The standard InChI is InChI=1S/C15H19NO4S/c1-11(13-6-7-13)10-16-21(19,20)14-4-2-3-12(9-14)5-8-15(17)18/h2-5,8-9,11,13,16H,6-7,10H2,1H3,(H,17,18)/b8-5+. The summed E-state index contributed by atoms with van der Waals surface area (Å²) in [5.74, 6) is -0.0907. The summed E-state index contributed by atoms with van der Waals surface area (Å²) in [5.41, 5.74) is 0.538. The highest BCUT2D eigenvalue weighted by molar-refractivity contribution is 7.89. The van der Waals surface area contributed by atoms with Crippen molar-refractivity contribution in [1.29, 1.82) is 0 Å². The minimum Gasteiger partial charge on any atom is -0.478 e. The smallest absolute Gasteiger partial charge is 0.328 e. The number of aliphatic carboxylic acids is 1. The molecule has 21 heavy (non-hydrogen) atoms. The van der Waals surface area contributed by atoms with E-state index in [1.165, 1.54) is 31.1 Å². The predicted molar refractivity (Wildman–Crippen MR) is 80.2 cm³/mol. The lowest BCUT2D eigenvalue weighted by Crippen LogP contribution is -2.29. The normalized spacial score (nSPS) is 17.0. The third-order valence-electron chi connectivity index (χ3n) is 3.61. The lowest BCUT2D eigenvalue weighted by atomic mass is 10.1. The van der Waals surface area contributed by atoms with Crippen LogP contribution in [0, 0.1) is 11.8 Å². The number of carboxylic acid groups (broad SMARTS) is 1. The van der Waals surface area contributed by atoms with Crippen molar-refractivity contribution in [3.63, 3.8) is 0 Å². The van der Waals surface area contributed by atoms with Gasteiger partial charge in [0, 0.05) is 12.6 Å². The third kappa shape index (κ3) is 4.68. The van der Waals surface area contributed by atoms with Gasteiger partial charge in [-0.3, -0.25) is 0 Å². The summed E-state index contributed by atoms with van der Waals surface area (Å²) in [6, 6.07) is 6.22. The van der Waals surface area contributed by atoms with Crippen LogP contribution in [0.2, 0.25) is 0 Å². The fraction of sp³-hybridized carbons (Fsp3) is 0.400. The highest BCUT2D eigenvalue weighted by atomic mass is 32.2. The Balaban J connectivity index is 2.08. The Labute approximate surface area is 124 Å². The molecule has 1 saturated carbocycles. The van der Waals surface area contributed by atoms with Gasteiger partial charge in [0.05, 0.1) is 4.90 Å². The zero-order valence-corrected chi connectivity index (χ0v) is 12.6. The molecule has 0 aliphatic heterocycles. The van der Waals surface area contributed by atoms with E-state index in [1.807, 2.05) is 6.92 Å². The molecule has 6 heteroatoms. The van der Waals surface area contributed by atoms with Crippen LogP contribution >= 0.6 is 0 Å². The fourth-order valence-corrected chi connectivity index (χ4v) is 3.31. The first-order valence-corrected chi connectivity index (χ1v) is 8.37. The average Bonchev–Trinajstić information content (AvgIpc) is 3.27. The number of nitrogens with one attached hydrogen (secondary N) is 1. The molecule has 0 radical (unpaired) electrons. The molecule has 114 valence electrons. The molecule has 2 N–H and O–H groups in total. The number of sulfonamides is 1. The predicted octanol–water partition coefficient (Wildman–Crippen LogP) is 2.11. The number of benzene rings is 1. The Hall–Kier alpha value is -1.66. The van der Waals surface area contributed by atoms with Crippen LogP contribution in [-0.4, -0.2) is 26.0 Å². The lowest BCUT2D eigenvalue weighted by Gasteiger charge is -2.12. The average molecular weight is 309 g/mol. The molecule has 1 aromatic carbocycles. The second kappa shape index (κ2) is 6.41.